The highest BCUT2D eigenvalue weighted by Crippen LogP contribution is 2.33. The summed E-state index contributed by atoms with van der Waals surface area (Å²) in [5.74, 6) is 1.14. The molecule has 2 aliphatic rings. The van der Waals surface area contributed by atoms with Crippen molar-refractivity contribution in [1.29, 1.82) is 0 Å². The highest BCUT2D eigenvalue weighted by atomic mass is 32.1. The molecule has 0 aliphatic heterocycles. The van der Waals surface area contributed by atoms with Crippen molar-refractivity contribution in [2.75, 3.05) is 11.1 Å². The number of rotatable bonds is 5. The highest BCUT2D eigenvalue weighted by molar-refractivity contribution is 7.11. The molecule has 2 saturated carbocycles. The first-order valence-electron chi connectivity index (χ1n) is 8.00. The van der Waals surface area contributed by atoms with Gasteiger partial charge in [-0.15, -0.1) is 0 Å². The third-order valence-corrected chi connectivity index (χ3v) is 5.41. The number of anilines is 2. The van der Waals surface area contributed by atoms with E-state index in [1.807, 2.05) is 0 Å². The summed E-state index contributed by atoms with van der Waals surface area (Å²) in [5, 5.41) is 7.34. The minimum absolute atomic E-state index is 0.0755. The molecule has 6 heteroatoms. The van der Waals surface area contributed by atoms with Crippen molar-refractivity contribution in [3.63, 3.8) is 0 Å². The SMILES string of the molecule is CCC1CCC(Nc2snc(N)c2C(=O)NC2CC2)CC1. The highest BCUT2D eigenvalue weighted by Gasteiger charge is 2.28. The van der Waals surface area contributed by atoms with Gasteiger partial charge in [0, 0.05) is 12.1 Å². The molecular weight excluding hydrogens is 284 g/mol. The van der Waals surface area contributed by atoms with E-state index in [0.717, 1.165) is 23.8 Å². The lowest BCUT2D eigenvalue weighted by molar-refractivity contribution is 0.0953. The molecular formula is C15H24N4OS. The average molecular weight is 308 g/mol. The minimum atomic E-state index is -0.0755. The van der Waals surface area contributed by atoms with Gasteiger partial charge in [-0.3, -0.25) is 4.79 Å². The van der Waals surface area contributed by atoms with Gasteiger partial charge in [-0.05, 0) is 56.0 Å². The number of carbonyl (C=O) groups excluding carboxylic acids is 1. The number of nitrogens with one attached hydrogen (secondary N) is 2. The van der Waals surface area contributed by atoms with Crippen molar-refractivity contribution in [2.45, 2.75) is 64.0 Å². The number of hydrogen-bond acceptors (Lipinski definition) is 5. The molecule has 116 valence electrons. The largest absolute Gasteiger partial charge is 0.382 e. The lowest BCUT2D eigenvalue weighted by Gasteiger charge is -2.28. The fraction of sp³-hybridized carbons (Fsp3) is 0.733. The molecule has 1 aromatic heterocycles. The van der Waals surface area contributed by atoms with Gasteiger partial charge in [-0.2, -0.15) is 4.37 Å². The number of hydrogen-bond donors (Lipinski definition) is 3. The molecule has 0 bridgehead atoms. The summed E-state index contributed by atoms with van der Waals surface area (Å²) < 4.78 is 4.16. The van der Waals surface area contributed by atoms with Crippen LogP contribution in [0.1, 0.15) is 62.2 Å². The van der Waals surface area contributed by atoms with Crippen molar-refractivity contribution in [2.24, 2.45) is 5.92 Å². The van der Waals surface area contributed by atoms with E-state index in [0.29, 0.717) is 23.5 Å². The summed E-state index contributed by atoms with van der Waals surface area (Å²) in [6.07, 6.45) is 8.30. The molecule has 1 heterocycles. The number of nitrogens with two attached hydrogens (primary N) is 1. The van der Waals surface area contributed by atoms with Crippen LogP contribution in [-0.2, 0) is 0 Å². The minimum Gasteiger partial charge on any atom is -0.382 e. The van der Waals surface area contributed by atoms with Crippen molar-refractivity contribution in [3.05, 3.63) is 5.56 Å². The first kappa shape index (κ1) is 14.6. The van der Waals surface area contributed by atoms with Gasteiger partial charge >= 0.3 is 0 Å². The molecule has 1 amide bonds. The van der Waals surface area contributed by atoms with Gasteiger partial charge in [0.15, 0.2) is 5.82 Å². The van der Waals surface area contributed by atoms with E-state index in [4.69, 9.17) is 5.73 Å². The summed E-state index contributed by atoms with van der Waals surface area (Å²) in [7, 11) is 0. The Morgan fingerprint density at radius 2 is 1.90 bits per heavy atom. The third kappa shape index (κ3) is 3.48. The van der Waals surface area contributed by atoms with E-state index in [9.17, 15) is 4.79 Å². The topological polar surface area (TPSA) is 80.0 Å². The van der Waals surface area contributed by atoms with E-state index in [1.165, 1.54) is 43.6 Å². The Kier molecular flexibility index (Phi) is 4.33. The fourth-order valence-electron chi connectivity index (χ4n) is 3.01. The van der Waals surface area contributed by atoms with Crippen LogP contribution in [-0.4, -0.2) is 22.4 Å². The Morgan fingerprint density at radius 3 is 2.52 bits per heavy atom. The van der Waals surface area contributed by atoms with Gasteiger partial charge in [0.25, 0.3) is 5.91 Å². The quantitative estimate of drug-likeness (QED) is 0.781. The molecule has 0 radical (unpaired) electrons. The van der Waals surface area contributed by atoms with Gasteiger partial charge < -0.3 is 16.4 Å². The molecule has 0 unspecified atom stereocenters. The lowest BCUT2D eigenvalue weighted by atomic mass is 9.84. The molecule has 0 saturated heterocycles. The van der Waals surface area contributed by atoms with Crippen molar-refractivity contribution in [1.82, 2.24) is 9.69 Å². The lowest BCUT2D eigenvalue weighted by Crippen LogP contribution is -2.29. The van der Waals surface area contributed by atoms with Gasteiger partial charge in [-0.25, -0.2) is 0 Å². The van der Waals surface area contributed by atoms with Crippen LogP contribution >= 0.6 is 11.5 Å². The Morgan fingerprint density at radius 1 is 1.24 bits per heavy atom. The van der Waals surface area contributed by atoms with Crippen LogP contribution in [0.5, 0.6) is 0 Å². The molecule has 2 fully saturated rings. The Labute approximate surface area is 129 Å². The second-order valence-electron chi connectivity index (χ2n) is 6.29. The summed E-state index contributed by atoms with van der Waals surface area (Å²) in [6.45, 7) is 2.27. The summed E-state index contributed by atoms with van der Waals surface area (Å²) >= 11 is 1.31. The van der Waals surface area contributed by atoms with E-state index in [1.54, 1.807) is 0 Å². The molecule has 1 aromatic rings. The molecule has 3 rings (SSSR count). The summed E-state index contributed by atoms with van der Waals surface area (Å²) in [5.41, 5.74) is 6.43. The standard InChI is InChI=1S/C15H24N4OS/c1-2-9-3-5-11(6-4-9)18-15-12(13(16)19-21-15)14(20)17-10-7-8-10/h9-11,18H,2-8H2,1H3,(H2,16,19)(H,17,20). The number of amides is 1. The Bertz CT molecular complexity index is 504. The van der Waals surface area contributed by atoms with Crippen molar-refractivity contribution >= 4 is 28.3 Å². The van der Waals surface area contributed by atoms with Crippen LogP contribution in [0.25, 0.3) is 0 Å². The van der Waals surface area contributed by atoms with Crippen LogP contribution in [0.2, 0.25) is 0 Å². The number of aromatic nitrogens is 1. The van der Waals surface area contributed by atoms with Gasteiger partial charge in [-0.1, -0.05) is 13.3 Å². The van der Waals surface area contributed by atoms with Crippen LogP contribution in [0, 0.1) is 5.92 Å². The maximum atomic E-state index is 12.3. The summed E-state index contributed by atoms with van der Waals surface area (Å²) in [4.78, 5) is 12.3. The number of nitrogen functional groups attached to an aromatic ring is 1. The van der Waals surface area contributed by atoms with E-state index >= 15 is 0 Å². The third-order valence-electron chi connectivity index (χ3n) is 4.62. The first-order chi connectivity index (χ1) is 10.2. The van der Waals surface area contributed by atoms with Crippen LogP contribution < -0.4 is 16.4 Å². The second kappa shape index (κ2) is 6.22. The molecule has 0 spiro atoms. The van der Waals surface area contributed by atoms with Crippen LogP contribution in [0.4, 0.5) is 10.8 Å². The Balaban J connectivity index is 1.64. The first-order valence-corrected chi connectivity index (χ1v) is 8.77. The van der Waals surface area contributed by atoms with Crippen LogP contribution in [0.15, 0.2) is 0 Å². The molecule has 0 aromatic carbocycles. The Hall–Kier alpha value is -1.30. The molecule has 21 heavy (non-hydrogen) atoms. The second-order valence-corrected chi connectivity index (χ2v) is 7.06. The predicted octanol–water partition coefficient (Wildman–Crippen LogP) is 3.00. The maximum Gasteiger partial charge on any atom is 0.258 e. The number of nitrogens with zero attached hydrogens (tertiary/aromatic N) is 1. The molecule has 5 nitrogen and oxygen atoms in total. The van der Waals surface area contributed by atoms with Gasteiger partial charge in [0.05, 0.1) is 0 Å². The smallest absolute Gasteiger partial charge is 0.258 e. The van der Waals surface area contributed by atoms with Gasteiger partial charge in [0.1, 0.15) is 10.6 Å². The van der Waals surface area contributed by atoms with Crippen molar-refractivity contribution < 1.29 is 4.79 Å². The maximum absolute atomic E-state index is 12.3. The summed E-state index contributed by atoms with van der Waals surface area (Å²) in [6, 6.07) is 0.782. The van der Waals surface area contributed by atoms with Gasteiger partial charge in [0.2, 0.25) is 0 Å². The zero-order valence-electron chi connectivity index (χ0n) is 12.5. The molecule has 2 aliphatic carbocycles. The average Bonchev–Trinajstić information content (AvgIpc) is 3.22. The zero-order valence-corrected chi connectivity index (χ0v) is 13.3. The van der Waals surface area contributed by atoms with E-state index in [2.05, 4.69) is 21.9 Å². The van der Waals surface area contributed by atoms with Crippen LogP contribution in [0.3, 0.4) is 0 Å². The van der Waals surface area contributed by atoms with Crippen molar-refractivity contribution in [3.8, 4) is 0 Å². The molecule has 0 atom stereocenters. The monoisotopic (exact) mass is 308 g/mol. The molecule has 4 N–H and O–H groups in total. The van der Waals surface area contributed by atoms with E-state index < -0.39 is 0 Å². The van der Waals surface area contributed by atoms with E-state index in [-0.39, 0.29) is 5.91 Å². The predicted molar refractivity (Wildman–Crippen MR) is 86.7 cm³/mol. The zero-order chi connectivity index (χ0) is 14.8. The number of carbonyl (C=O) groups is 1. The fourth-order valence-corrected chi connectivity index (χ4v) is 3.79. The normalized spacial score (nSPS) is 25.6.